The van der Waals surface area contributed by atoms with Crippen LogP contribution in [0.2, 0.25) is 0 Å². The van der Waals surface area contributed by atoms with Crippen molar-refractivity contribution in [2.24, 2.45) is 0 Å². The maximum Gasteiger partial charge on any atom is 0.305 e. The molecule has 2 rings (SSSR count). The number of carbonyl (C=O) groups is 1. The summed E-state index contributed by atoms with van der Waals surface area (Å²) in [5.41, 5.74) is -0.840. The Morgan fingerprint density at radius 1 is 1.25 bits per heavy atom. The molecule has 0 saturated heterocycles. The highest BCUT2D eigenvalue weighted by molar-refractivity contribution is 14.1. The molecule has 110 valence electrons. The maximum atomic E-state index is 12.4. The number of benzene rings is 1. The lowest BCUT2D eigenvalue weighted by Crippen LogP contribution is -2.47. The minimum atomic E-state index is -3.68. The first-order valence-electron chi connectivity index (χ1n) is 6.34. The molecule has 1 aliphatic carbocycles. The van der Waals surface area contributed by atoms with E-state index in [2.05, 4.69) is 27.3 Å². The molecule has 0 radical (unpaired) electrons. The second-order valence-electron chi connectivity index (χ2n) is 5.12. The predicted molar refractivity (Wildman–Crippen MR) is 82.9 cm³/mol. The highest BCUT2D eigenvalue weighted by atomic mass is 127. The summed E-state index contributed by atoms with van der Waals surface area (Å²) in [6, 6.07) is 6.50. The fourth-order valence-corrected chi connectivity index (χ4v) is 4.43. The van der Waals surface area contributed by atoms with E-state index in [1.165, 1.54) is 12.1 Å². The Hall–Kier alpha value is -0.670. The van der Waals surface area contributed by atoms with Crippen molar-refractivity contribution in [3.05, 3.63) is 27.8 Å². The molecule has 0 amide bonds. The van der Waals surface area contributed by atoms with Gasteiger partial charge >= 0.3 is 5.97 Å². The van der Waals surface area contributed by atoms with Gasteiger partial charge in [-0.1, -0.05) is 12.8 Å². The zero-order valence-corrected chi connectivity index (χ0v) is 13.8. The molecule has 0 aromatic heterocycles. The van der Waals surface area contributed by atoms with Gasteiger partial charge in [0.05, 0.1) is 11.3 Å². The molecule has 7 heteroatoms. The van der Waals surface area contributed by atoms with E-state index in [0.29, 0.717) is 12.8 Å². The molecule has 2 N–H and O–H groups in total. The van der Waals surface area contributed by atoms with Crippen molar-refractivity contribution < 1.29 is 18.3 Å². The summed E-state index contributed by atoms with van der Waals surface area (Å²) >= 11 is 2.10. The fraction of sp³-hybridized carbons (Fsp3) is 0.462. The number of carboxylic acids is 1. The number of nitrogens with one attached hydrogen (secondary N) is 1. The minimum Gasteiger partial charge on any atom is -0.481 e. The molecule has 0 bridgehead atoms. The van der Waals surface area contributed by atoms with Crippen LogP contribution in [0.1, 0.15) is 32.1 Å². The van der Waals surface area contributed by atoms with E-state index in [1.807, 2.05) is 0 Å². The van der Waals surface area contributed by atoms with Gasteiger partial charge in [-0.25, -0.2) is 13.1 Å². The zero-order chi connectivity index (χ0) is 14.8. The number of sulfonamides is 1. The van der Waals surface area contributed by atoms with Gasteiger partial charge in [-0.3, -0.25) is 4.79 Å². The molecule has 0 aliphatic heterocycles. The summed E-state index contributed by atoms with van der Waals surface area (Å²) < 4.78 is 28.3. The van der Waals surface area contributed by atoms with E-state index in [4.69, 9.17) is 5.11 Å². The van der Waals surface area contributed by atoms with E-state index >= 15 is 0 Å². The number of halogens is 1. The molecular weight excluding hydrogens is 393 g/mol. The van der Waals surface area contributed by atoms with Crippen LogP contribution in [0.25, 0.3) is 0 Å². The second kappa shape index (κ2) is 5.98. The summed E-state index contributed by atoms with van der Waals surface area (Å²) in [5, 5.41) is 9.01. The highest BCUT2D eigenvalue weighted by Crippen LogP contribution is 2.34. The Balaban J connectivity index is 2.25. The van der Waals surface area contributed by atoms with Crippen LogP contribution in [0.3, 0.4) is 0 Å². The van der Waals surface area contributed by atoms with E-state index in [9.17, 15) is 13.2 Å². The topological polar surface area (TPSA) is 83.5 Å². The average molecular weight is 409 g/mol. The van der Waals surface area contributed by atoms with Crippen LogP contribution in [0, 0.1) is 3.57 Å². The SMILES string of the molecule is O=C(O)CC1(NS(=O)(=O)c2ccc(I)cc2)CCCC1. The maximum absolute atomic E-state index is 12.4. The van der Waals surface area contributed by atoms with Gasteiger partial charge in [-0.05, 0) is 59.7 Å². The quantitative estimate of drug-likeness (QED) is 0.732. The summed E-state index contributed by atoms with van der Waals surface area (Å²) in [6.07, 6.45) is 2.67. The van der Waals surface area contributed by atoms with Crippen LogP contribution in [-0.2, 0) is 14.8 Å². The normalized spacial score (nSPS) is 18.1. The van der Waals surface area contributed by atoms with Gasteiger partial charge in [-0.15, -0.1) is 0 Å². The van der Waals surface area contributed by atoms with Crippen LogP contribution >= 0.6 is 22.6 Å². The Bertz CT molecular complexity index is 591. The Labute approximate surface area is 132 Å². The fourth-order valence-electron chi connectivity index (χ4n) is 2.61. The molecular formula is C13H16INO4S. The van der Waals surface area contributed by atoms with E-state index in [1.54, 1.807) is 12.1 Å². The predicted octanol–water partition coefficient (Wildman–Crippen LogP) is 2.36. The van der Waals surface area contributed by atoms with Crippen molar-refractivity contribution in [1.29, 1.82) is 0 Å². The van der Waals surface area contributed by atoms with Gasteiger partial charge < -0.3 is 5.11 Å². The zero-order valence-electron chi connectivity index (χ0n) is 10.8. The first kappa shape index (κ1) is 15.7. The third-order valence-corrected chi connectivity index (χ3v) is 5.84. The molecule has 5 nitrogen and oxygen atoms in total. The molecule has 0 heterocycles. The molecule has 1 saturated carbocycles. The smallest absolute Gasteiger partial charge is 0.305 e. The molecule has 20 heavy (non-hydrogen) atoms. The van der Waals surface area contributed by atoms with Gasteiger partial charge in [0, 0.05) is 9.11 Å². The summed E-state index contributed by atoms with van der Waals surface area (Å²) in [4.78, 5) is 11.2. The summed E-state index contributed by atoms with van der Waals surface area (Å²) in [5.74, 6) is -0.975. The Kier molecular flexibility index (Phi) is 4.70. The molecule has 1 aromatic carbocycles. The van der Waals surface area contributed by atoms with Crippen molar-refractivity contribution in [2.75, 3.05) is 0 Å². The van der Waals surface area contributed by atoms with Gasteiger partial charge in [0.2, 0.25) is 10.0 Å². The van der Waals surface area contributed by atoms with Gasteiger partial charge in [0.25, 0.3) is 0 Å². The Morgan fingerprint density at radius 2 is 1.80 bits per heavy atom. The molecule has 0 spiro atoms. The van der Waals surface area contributed by atoms with Crippen LogP contribution in [0.4, 0.5) is 0 Å². The lowest BCUT2D eigenvalue weighted by molar-refractivity contribution is -0.138. The van der Waals surface area contributed by atoms with Crippen molar-refractivity contribution in [3.8, 4) is 0 Å². The number of rotatable bonds is 5. The van der Waals surface area contributed by atoms with Gasteiger partial charge in [0.15, 0.2) is 0 Å². The number of carboxylic acid groups (broad SMARTS) is 1. The van der Waals surface area contributed by atoms with Gasteiger partial charge in [-0.2, -0.15) is 0 Å². The van der Waals surface area contributed by atoms with E-state index < -0.39 is 21.5 Å². The van der Waals surface area contributed by atoms with Crippen molar-refractivity contribution in [3.63, 3.8) is 0 Å². The molecule has 0 atom stereocenters. The van der Waals surface area contributed by atoms with Crippen LogP contribution in [0.15, 0.2) is 29.2 Å². The Morgan fingerprint density at radius 3 is 2.30 bits per heavy atom. The standard InChI is InChI=1S/C13H16INO4S/c14-10-3-5-11(6-4-10)20(18,19)15-13(9-12(16)17)7-1-2-8-13/h3-6,15H,1-2,7-9H2,(H,16,17). The van der Waals surface area contributed by atoms with E-state index in [-0.39, 0.29) is 11.3 Å². The first-order valence-corrected chi connectivity index (χ1v) is 8.91. The third kappa shape index (κ3) is 3.70. The molecule has 1 aliphatic rings. The van der Waals surface area contributed by atoms with Crippen molar-refractivity contribution in [2.45, 2.75) is 42.5 Å². The average Bonchev–Trinajstić information content (AvgIpc) is 2.75. The number of aliphatic carboxylic acids is 1. The third-order valence-electron chi connectivity index (χ3n) is 3.53. The number of hydrogen-bond acceptors (Lipinski definition) is 3. The van der Waals surface area contributed by atoms with Crippen LogP contribution in [0.5, 0.6) is 0 Å². The largest absolute Gasteiger partial charge is 0.481 e. The first-order chi connectivity index (χ1) is 9.33. The summed E-state index contributed by atoms with van der Waals surface area (Å²) in [6.45, 7) is 0. The molecule has 0 unspecified atom stereocenters. The monoisotopic (exact) mass is 409 g/mol. The second-order valence-corrected chi connectivity index (χ2v) is 8.05. The minimum absolute atomic E-state index is 0.170. The van der Waals surface area contributed by atoms with E-state index in [0.717, 1.165) is 16.4 Å². The lowest BCUT2D eigenvalue weighted by Gasteiger charge is -2.28. The lowest BCUT2D eigenvalue weighted by atomic mass is 9.95. The highest BCUT2D eigenvalue weighted by Gasteiger charge is 2.39. The van der Waals surface area contributed by atoms with Gasteiger partial charge in [0.1, 0.15) is 0 Å². The van der Waals surface area contributed by atoms with Crippen LogP contribution < -0.4 is 4.72 Å². The number of hydrogen-bond donors (Lipinski definition) is 2. The molecule has 1 fully saturated rings. The van der Waals surface area contributed by atoms with Crippen molar-refractivity contribution >= 4 is 38.6 Å². The summed E-state index contributed by atoms with van der Waals surface area (Å²) in [7, 11) is -3.68. The van der Waals surface area contributed by atoms with Crippen molar-refractivity contribution in [1.82, 2.24) is 4.72 Å². The van der Waals surface area contributed by atoms with Crippen LogP contribution in [-0.4, -0.2) is 25.0 Å². The molecule has 1 aromatic rings.